The van der Waals surface area contributed by atoms with Gasteiger partial charge in [-0.15, -0.1) is 5.10 Å². The molecule has 8 heteroatoms. The van der Waals surface area contributed by atoms with Gasteiger partial charge >= 0.3 is 0 Å². The highest BCUT2D eigenvalue weighted by atomic mass is 32.2. The zero-order chi connectivity index (χ0) is 17.4. The van der Waals surface area contributed by atoms with E-state index >= 15 is 0 Å². The molecule has 132 valence electrons. The molecule has 2 fully saturated rings. The molecule has 1 atom stereocenters. The van der Waals surface area contributed by atoms with Gasteiger partial charge in [0.15, 0.2) is 0 Å². The van der Waals surface area contributed by atoms with Crippen LogP contribution in [0.4, 0.5) is 4.39 Å². The Kier molecular flexibility index (Phi) is 4.45. The molecule has 6 nitrogen and oxygen atoms in total. The maximum Gasteiger partial charge on any atom is 0.236 e. The van der Waals surface area contributed by atoms with Crippen molar-refractivity contribution in [2.24, 2.45) is 0 Å². The third kappa shape index (κ3) is 3.84. The number of tetrazole rings is 1. The molecule has 1 heterocycles. The van der Waals surface area contributed by atoms with Gasteiger partial charge in [-0.05, 0) is 60.7 Å². The summed E-state index contributed by atoms with van der Waals surface area (Å²) in [7, 11) is 0. The van der Waals surface area contributed by atoms with Gasteiger partial charge in [-0.25, -0.2) is 9.07 Å². The van der Waals surface area contributed by atoms with E-state index in [1.165, 1.54) is 23.9 Å². The van der Waals surface area contributed by atoms with Crippen LogP contribution in [0.1, 0.15) is 44.2 Å². The van der Waals surface area contributed by atoms with E-state index in [9.17, 15) is 9.18 Å². The maximum atomic E-state index is 13.1. The van der Waals surface area contributed by atoms with Crippen LogP contribution in [0.5, 0.6) is 0 Å². The quantitative estimate of drug-likeness (QED) is 0.710. The molecule has 0 spiro atoms. The fraction of sp³-hybridized carbons (Fsp3) is 0.529. The van der Waals surface area contributed by atoms with Crippen LogP contribution < -0.4 is 0 Å². The molecule has 2 saturated carbocycles. The summed E-state index contributed by atoms with van der Waals surface area (Å²) in [6.07, 6.45) is 4.26. The average molecular weight is 361 g/mol. The smallest absolute Gasteiger partial charge is 0.236 e. The SMILES string of the molecule is CC(Sc1nnnn1C1CC1)C(=O)N(Cc1ccc(F)cc1)C1CC1. The van der Waals surface area contributed by atoms with Gasteiger partial charge in [0.2, 0.25) is 11.1 Å². The summed E-state index contributed by atoms with van der Waals surface area (Å²) >= 11 is 1.42. The first-order valence-electron chi connectivity index (χ1n) is 8.61. The van der Waals surface area contributed by atoms with Crippen LogP contribution in [-0.2, 0) is 11.3 Å². The number of carbonyl (C=O) groups excluding carboxylic acids is 1. The van der Waals surface area contributed by atoms with Gasteiger partial charge in [0.05, 0.1) is 11.3 Å². The zero-order valence-electron chi connectivity index (χ0n) is 14.0. The number of halogens is 1. The standard InChI is InChI=1S/C17H20FN5OS/c1-11(25-17-19-20-21-23(17)15-8-9-15)16(24)22(14-6-7-14)10-12-2-4-13(18)5-3-12/h2-5,11,14-15H,6-10H2,1H3. The van der Waals surface area contributed by atoms with Crippen LogP contribution in [0.3, 0.4) is 0 Å². The van der Waals surface area contributed by atoms with Crippen molar-refractivity contribution in [1.29, 1.82) is 0 Å². The van der Waals surface area contributed by atoms with E-state index in [2.05, 4.69) is 15.5 Å². The number of aromatic nitrogens is 4. The maximum absolute atomic E-state index is 13.1. The first kappa shape index (κ1) is 16.5. The molecule has 0 saturated heterocycles. The van der Waals surface area contributed by atoms with E-state index in [1.807, 2.05) is 16.5 Å². The molecule has 1 aromatic carbocycles. The summed E-state index contributed by atoms with van der Waals surface area (Å²) in [6, 6.07) is 7.03. The Morgan fingerprint density at radius 2 is 2.04 bits per heavy atom. The summed E-state index contributed by atoms with van der Waals surface area (Å²) in [5, 5.41) is 12.3. The molecular weight excluding hydrogens is 341 g/mol. The second-order valence-corrected chi connectivity index (χ2v) is 8.03. The summed E-state index contributed by atoms with van der Waals surface area (Å²) in [5.41, 5.74) is 0.946. The van der Waals surface area contributed by atoms with Gasteiger partial charge in [0, 0.05) is 12.6 Å². The number of hydrogen-bond acceptors (Lipinski definition) is 5. The Balaban J connectivity index is 1.44. The number of carbonyl (C=O) groups is 1. The van der Waals surface area contributed by atoms with E-state index in [1.54, 1.807) is 12.1 Å². The van der Waals surface area contributed by atoms with Gasteiger partial charge in [0.25, 0.3) is 0 Å². The predicted molar refractivity (Wildman–Crippen MR) is 91.4 cm³/mol. The molecule has 2 aliphatic rings. The highest BCUT2D eigenvalue weighted by Crippen LogP contribution is 2.38. The summed E-state index contributed by atoms with van der Waals surface area (Å²) < 4.78 is 14.9. The highest BCUT2D eigenvalue weighted by Gasteiger charge is 2.36. The number of benzene rings is 1. The fourth-order valence-corrected chi connectivity index (χ4v) is 3.74. The Hall–Kier alpha value is -1.96. The molecule has 1 amide bonds. The average Bonchev–Trinajstić information content (AvgIpc) is 3.53. The number of rotatable bonds is 7. The van der Waals surface area contributed by atoms with Gasteiger partial charge in [-0.3, -0.25) is 4.79 Å². The van der Waals surface area contributed by atoms with Crippen LogP contribution in [-0.4, -0.2) is 42.3 Å². The summed E-state index contributed by atoms with van der Waals surface area (Å²) in [5.74, 6) is -0.175. The van der Waals surface area contributed by atoms with E-state index < -0.39 is 0 Å². The lowest BCUT2D eigenvalue weighted by Gasteiger charge is -2.25. The van der Waals surface area contributed by atoms with E-state index in [4.69, 9.17) is 0 Å². The van der Waals surface area contributed by atoms with Crippen LogP contribution in [0.25, 0.3) is 0 Å². The van der Waals surface area contributed by atoms with Gasteiger partial charge < -0.3 is 4.90 Å². The first-order chi connectivity index (χ1) is 12.1. The van der Waals surface area contributed by atoms with E-state index in [0.717, 1.165) is 31.2 Å². The van der Waals surface area contributed by atoms with Crippen LogP contribution in [0, 0.1) is 5.82 Å². The van der Waals surface area contributed by atoms with Crippen molar-refractivity contribution in [3.05, 3.63) is 35.6 Å². The van der Waals surface area contributed by atoms with Crippen molar-refractivity contribution in [2.45, 2.75) is 61.6 Å². The number of hydrogen-bond donors (Lipinski definition) is 0. The van der Waals surface area contributed by atoms with E-state index in [-0.39, 0.29) is 17.0 Å². The Bertz CT molecular complexity index is 757. The van der Waals surface area contributed by atoms with Crippen LogP contribution in [0.2, 0.25) is 0 Å². The lowest BCUT2D eigenvalue weighted by atomic mass is 10.2. The fourth-order valence-electron chi connectivity index (χ4n) is 2.81. The molecule has 0 aliphatic heterocycles. The van der Waals surface area contributed by atoms with Crippen molar-refractivity contribution in [3.8, 4) is 0 Å². The summed E-state index contributed by atoms with van der Waals surface area (Å²) in [4.78, 5) is 14.9. The van der Waals surface area contributed by atoms with E-state index in [0.29, 0.717) is 23.8 Å². The Morgan fingerprint density at radius 3 is 2.68 bits per heavy atom. The topological polar surface area (TPSA) is 63.9 Å². The lowest BCUT2D eigenvalue weighted by Crippen LogP contribution is -2.38. The molecule has 2 aromatic rings. The molecular formula is C17H20FN5OS. The zero-order valence-corrected chi connectivity index (χ0v) is 14.8. The molecule has 1 aromatic heterocycles. The van der Waals surface area contributed by atoms with Gasteiger partial charge in [0.1, 0.15) is 5.82 Å². The first-order valence-corrected chi connectivity index (χ1v) is 9.49. The van der Waals surface area contributed by atoms with Crippen molar-refractivity contribution in [3.63, 3.8) is 0 Å². The molecule has 0 radical (unpaired) electrons. The molecule has 4 rings (SSSR count). The van der Waals surface area contributed by atoms with Gasteiger partial charge in [-0.1, -0.05) is 23.9 Å². The minimum Gasteiger partial charge on any atom is -0.334 e. The number of nitrogens with zero attached hydrogens (tertiary/aromatic N) is 5. The van der Waals surface area contributed by atoms with Crippen LogP contribution >= 0.6 is 11.8 Å². The van der Waals surface area contributed by atoms with Crippen molar-refractivity contribution < 1.29 is 9.18 Å². The predicted octanol–water partition coefficient (Wildman–Crippen LogP) is 2.82. The molecule has 0 bridgehead atoms. The number of amides is 1. The Labute approximate surface area is 149 Å². The third-order valence-electron chi connectivity index (χ3n) is 4.52. The third-order valence-corrected chi connectivity index (χ3v) is 5.56. The second-order valence-electron chi connectivity index (χ2n) is 6.72. The normalized spacial score (nSPS) is 18.2. The highest BCUT2D eigenvalue weighted by molar-refractivity contribution is 8.00. The molecule has 2 aliphatic carbocycles. The lowest BCUT2D eigenvalue weighted by molar-refractivity contribution is -0.131. The Morgan fingerprint density at radius 1 is 1.32 bits per heavy atom. The van der Waals surface area contributed by atoms with Gasteiger partial charge in [-0.2, -0.15) is 0 Å². The monoisotopic (exact) mass is 361 g/mol. The molecule has 0 N–H and O–H groups in total. The number of thioether (sulfide) groups is 1. The van der Waals surface area contributed by atoms with Crippen molar-refractivity contribution in [2.75, 3.05) is 0 Å². The van der Waals surface area contributed by atoms with Crippen molar-refractivity contribution >= 4 is 17.7 Å². The van der Waals surface area contributed by atoms with Crippen molar-refractivity contribution in [1.82, 2.24) is 25.1 Å². The van der Waals surface area contributed by atoms with Crippen LogP contribution in [0.15, 0.2) is 29.4 Å². The minimum atomic E-state index is -0.260. The second kappa shape index (κ2) is 6.74. The minimum absolute atomic E-state index is 0.0853. The molecule has 1 unspecified atom stereocenters. The molecule has 25 heavy (non-hydrogen) atoms. The largest absolute Gasteiger partial charge is 0.334 e. The summed E-state index contributed by atoms with van der Waals surface area (Å²) in [6.45, 7) is 2.42.